The molecule has 5 N–H and O–H groups in total. The van der Waals surface area contributed by atoms with Gasteiger partial charge in [-0.05, 0) is 46.6 Å². The molecule has 2 fully saturated rings. The van der Waals surface area contributed by atoms with Crippen molar-refractivity contribution in [1.82, 2.24) is 15.3 Å². The van der Waals surface area contributed by atoms with E-state index in [9.17, 15) is 19.2 Å². The van der Waals surface area contributed by atoms with E-state index in [0.29, 0.717) is 43.4 Å². The Hall–Kier alpha value is -3.55. The Morgan fingerprint density at radius 3 is 2.76 bits per heavy atom. The molecule has 2 aliphatic rings. The summed E-state index contributed by atoms with van der Waals surface area (Å²) in [5, 5.41) is 5.20. The second-order valence-electron chi connectivity index (χ2n) is 10.5. The van der Waals surface area contributed by atoms with Crippen LogP contribution >= 0.6 is 7.67 Å². The molecule has 1 aromatic carbocycles. The third-order valence-electron chi connectivity index (χ3n) is 7.07. The van der Waals surface area contributed by atoms with Gasteiger partial charge in [0.2, 0.25) is 12.0 Å². The number of nitroso groups, excluding NO2 is 2. The van der Waals surface area contributed by atoms with Crippen molar-refractivity contribution in [2.24, 2.45) is 15.7 Å². The van der Waals surface area contributed by atoms with Gasteiger partial charge >= 0.3 is 13.7 Å². The third kappa shape index (κ3) is 6.52. The number of nitrogens with zero attached hydrogens (tertiary/aromatic N) is 4. The third-order valence-corrected chi connectivity index (χ3v) is 8.81. The molecule has 2 unspecified atom stereocenters. The number of ether oxygens (including phenoxy) is 1. The summed E-state index contributed by atoms with van der Waals surface area (Å²) in [5.74, 6) is -0.471. The van der Waals surface area contributed by atoms with Gasteiger partial charge in [0.15, 0.2) is 0 Å². The number of allylic oxidation sites excluding steroid dienone is 1. The predicted octanol–water partition coefficient (Wildman–Crippen LogP) is 5.06. The van der Waals surface area contributed by atoms with Gasteiger partial charge in [-0.1, -0.05) is 0 Å². The first-order valence-corrected chi connectivity index (χ1v) is 14.9. The van der Waals surface area contributed by atoms with Gasteiger partial charge in [0, 0.05) is 60.0 Å². The molecule has 16 heteroatoms. The zero-order chi connectivity index (χ0) is 29.9. The number of benzene rings is 1. The Balaban J connectivity index is 1.65. The maximum Gasteiger partial charge on any atom is 0.666 e. The van der Waals surface area contributed by atoms with E-state index in [1.165, 1.54) is 32.3 Å². The van der Waals surface area contributed by atoms with Crippen LogP contribution in [-0.2, 0) is 13.8 Å². The van der Waals surface area contributed by atoms with Gasteiger partial charge in [0.1, 0.15) is 11.4 Å². The van der Waals surface area contributed by atoms with E-state index >= 15 is 4.39 Å². The van der Waals surface area contributed by atoms with Crippen LogP contribution in [0.3, 0.4) is 0 Å². The van der Waals surface area contributed by atoms with Crippen LogP contribution in [0.2, 0.25) is 0 Å². The van der Waals surface area contributed by atoms with Crippen molar-refractivity contribution in [3.8, 4) is 0 Å². The molecule has 1 aliphatic carbocycles. The van der Waals surface area contributed by atoms with Crippen molar-refractivity contribution in [1.29, 1.82) is 0 Å². The van der Waals surface area contributed by atoms with E-state index in [1.807, 2.05) is 0 Å². The molecule has 41 heavy (non-hydrogen) atoms. The number of aromatic nitrogens is 2. The van der Waals surface area contributed by atoms with E-state index in [0.717, 1.165) is 6.42 Å². The number of hydrogen-bond acceptors (Lipinski definition) is 9. The van der Waals surface area contributed by atoms with Crippen molar-refractivity contribution in [3.05, 3.63) is 39.0 Å². The minimum absolute atomic E-state index is 0.105. The van der Waals surface area contributed by atoms with E-state index in [-0.39, 0.29) is 27.2 Å². The lowest BCUT2D eigenvalue weighted by atomic mass is 9.97. The number of halogens is 1. The minimum atomic E-state index is -4.52. The van der Waals surface area contributed by atoms with Gasteiger partial charge in [-0.15, -0.1) is 4.91 Å². The number of carbonyl (C=O) groups is 1. The first-order valence-electron chi connectivity index (χ1n) is 13.4. The highest BCUT2D eigenvalue weighted by atomic mass is 31.2. The van der Waals surface area contributed by atoms with Crippen LogP contribution in [-0.4, -0.2) is 57.6 Å². The topological polar surface area (TPSA) is 193 Å². The fourth-order valence-corrected chi connectivity index (χ4v) is 5.98. The predicted molar refractivity (Wildman–Crippen MR) is 152 cm³/mol. The molecule has 0 spiro atoms. The first kappa shape index (κ1) is 30.4. The summed E-state index contributed by atoms with van der Waals surface area (Å²) in [6.45, 7) is 7.33. The van der Waals surface area contributed by atoms with Gasteiger partial charge in [0.25, 0.3) is 0 Å². The van der Waals surface area contributed by atoms with E-state index in [2.05, 4.69) is 30.5 Å². The summed E-state index contributed by atoms with van der Waals surface area (Å²) < 4.78 is 40.4. The van der Waals surface area contributed by atoms with Crippen molar-refractivity contribution in [2.45, 2.75) is 77.2 Å². The van der Waals surface area contributed by atoms with Gasteiger partial charge in [0.05, 0.1) is 32.7 Å². The van der Waals surface area contributed by atoms with Crippen molar-refractivity contribution >= 4 is 42.5 Å². The number of hydrogen-bond donors (Lipinski definition) is 4. The lowest BCUT2D eigenvalue weighted by molar-refractivity contribution is -0.428. The minimum Gasteiger partial charge on any atom is -0.404 e. The zero-order valence-corrected chi connectivity index (χ0v) is 24.2. The largest absolute Gasteiger partial charge is 0.666 e. The number of amides is 2. The number of fused-ring (bicyclic) bond motifs is 1. The lowest BCUT2D eigenvalue weighted by Gasteiger charge is -2.27. The number of urea groups is 1. The normalized spacial score (nSPS) is 20.2. The number of anilines is 1. The monoisotopic (exact) mass is 593 g/mol. The van der Waals surface area contributed by atoms with Crippen LogP contribution in [0.4, 0.5) is 15.1 Å². The van der Waals surface area contributed by atoms with E-state index in [4.69, 9.17) is 15.0 Å². The quantitative estimate of drug-likeness (QED) is 0.149. The molecule has 14 nitrogen and oxygen atoms in total. The molecule has 0 bridgehead atoms. The summed E-state index contributed by atoms with van der Waals surface area (Å²) in [6.07, 6.45) is 4.32. The standard InChI is InChI=1S/C25H34FN8O6P/c1-5-28-24(35)32-23-30-18-11-17(21(26)20(22(18)31-23)19-7-6-10-39-19)15(12-27)13-29-14(2)25(3,4)40-41(38,33-36)34(37)16-8-9-16/h11-14,16,19H,5-10H2,1-4H3,(H4-,27,28,29,30,31,32,33,35,36,37,38)/p+1/t14?,19-,41?/m1/s1. The highest BCUT2D eigenvalue weighted by Gasteiger charge is 2.57. The van der Waals surface area contributed by atoms with Crippen molar-refractivity contribution in [3.63, 3.8) is 0 Å². The van der Waals surface area contributed by atoms with Crippen molar-refractivity contribution in [2.75, 3.05) is 18.5 Å². The Morgan fingerprint density at radius 2 is 2.17 bits per heavy atom. The number of H-pyrrole nitrogens is 1. The molecular formula is C25H35FN8O6P+. The number of carbonyl (C=O) groups excluding carboxylic acids is 1. The number of nitrogens with two attached hydrogens (primary N) is 1. The molecule has 3 atom stereocenters. The Bertz CT molecular complexity index is 1450. The van der Waals surface area contributed by atoms with Crippen LogP contribution in [0.15, 0.2) is 22.2 Å². The van der Waals surface area contributed by atoms with Crippen LogP contribution < -0.4 is 16.4 Å². The van der Waals surface area contributed by atoms with Crippen LogP contribution in [0.5, 0.6) is 0 Å². The second kappa shape index (κ2) is 12.1. The number of imidazole rings is 1. The van der Waals surface area contributed by atoms with E-state index in [1.54, 1.807) is 13.8 Å². The number of rotatable bonds is 12. The second-order valence-corrected chi connectivity index (χ2v) is 12.2. The average molecular weight is 594 g/mol. The maximum absolute atomic E-state index is 16.1. The summed E-state index contributed by atoms with van der Waals surface area (Å²) in [4.78, 5) is 50.1. The van der Waals surface area contributed by atoms with Crippen LogP contribution in [0, 0.1) is 15.6 Å². The molecule has 2 amide bonds. The molecule has 1 saturated heterocycles. The van der Waals surface area contributed by atoms with Gasteiger partial charge < -0.3 is 20.8 Å². The molecule has 4 rings (SSSR count). The first-order chi connectivity index (χ1) is 19.4. The average Bonchev–Trinajstić information content (AvgIpc) is 3.49. The molecule has 1 saturated carbocycles. The Morgan fingerprint density at radius 1 is 1.44 bits per heavy atom. The molecule has 2 heterocycles. The van der Waals surface area contributed by atoms with Crippen LogP contribution in [0.1, 0.15) is 70.6 Å². The fraction of sp³-hybridized carbons (Fsp3) is 0.560. The number of aliphatic imine (C=N–C) groups is 1. The number of aromatic amines is 1. The van der Waals surface area contributed by atoms with Gasteiger partial charge in [-0.2, -0.15) is 4.57 Å². The maximum atomic E-state index is 16.1. The smallest absolute Gasteiger partial charge is 0.404 e. The SMILES string of the molecule is CCNC(=O)Nc1nc2c([C@H]3CCCO3)c(F)c(/C(C=NC(C)C(C)(C)OP(=O)(N=O)[N+](=O)C3CC3)=C/N)cc2[nH]1. The lowest BCUT2D eigenvalue weighted by Crippen LogP contribution is -2.36. The highest BCUT2D eigenvalue weighted by molar-refractivity contribution is 7.50. The summed E-state index contributed by atoms with van der Waals surface area (Å²) in [7, 11) is -4.52. The molecule has 2 aromatic rings. The van der Waals surface area contributed by atoms with Gasteiger partial charge in [-0.3, -0.25) is 10.3 Å². The summed E-state index contributed by atoms with van der Waals surface area (Å²) >= 11 is 0. The fourth-order valence-electron chi connectivity index (χ4n) is 4.39. The van der Waals surface area contributed by atoms with Gasteiger partial charge in [-0.25, -0.2) is 18.7 Å². The molecule has 1 aliphatic heterocycles. The molecule has 1 aromatic heterocycles. The Labute approximate surface area is 235 Å². The van der Waals surface area contributed by atoms with E-state index < -0.39 is 43.3 Å². The number of nitrogens with one attached hydrogen (secondary N) is 3. The summed E-state index contributed by atoms with van der Waals surface area (Å²) in [6, 6.07) is -0.281. The Kier molecular flexibility index (Phi) is 9.00. The summed E-state index contributed by atoms with van der Waals surface area (Å²) in [5.41, 5.74) is 5.85. The molecule has 0 radical (unpaired) electrons. The highest BCUT2D eigenvalue weighted by Crippen LogP contribution is 2.56. The molecular weight excluding hydrogens is 558 g/mol. The van der Waals surface area contributed by atoms with Crippen molar-refractivity contribution < 1.29 is 27.5 Å². The zero-order valence-electron chi connectivity index (χ0n) is 23.3. The molecule has 222 valence electrons. The van der Waals surface area contributed by atoms with Crippen LogP contribution in [0.25, 0.3) is 16.6 Å².